The van der Waals surface area contributed by atoms with Crippen LogP contribution in [0.15, 0.2) is 34.3 Å². The molecule has 1 aromatic rings. The Morgan fingerprint density at radius 2 is 1.66 bits per heavy atom. The molecule has 0 aliphatic carbocycles. The van der Waals surface area contributed by atoms with Crippen molar-refractivity contribution >= 4 is 17.4 Å². The van der Waals surface area contributed by atoms with Crippen molar-refractivity contribution in [3.05, 3.63) is 24.3 Å². The highest BCUT2D eigenvalue weighted by Crippen LogP contribution is 2.40. The molecule has 0 spiro atoms. The normalized spacial score (nSPS) is 22.2. The van der Waals surface area contributed by atoms with Gasteiger partial charge in [0.2, 0.25) is 0 Å². The van der Waals surface area contributed by atoms with E-state index in [2.05, 4.69) is 58.6 Å². The van der Waals surface area contributed by atoms with Crippen molar-refractivity contribution in [3.63, 3.8) is 0 Å². The number of ether oxygens (including phenoxy) is 2. The van der Waals surface area contributed by atoms with Crippen LogP contribution in [0.1, 0.15) is 54.4 Å². The van der Waals surface area contributed by atoms with E-state index in [-0.39, 0.29) is 17.5 Å². The van der Waals surface area contributed by atoms with Crippen LogP contribution in [0, 0.1) is 17.3 Å². The summed E-state index contributed by atoms with van der Waals surface area (Å²) >= 11 is 0. The third-order valence-electron chi connectivity index (χ3n) is 6.56. The van der Waals surface area contributed by atoms with E-state index in [9.17, 15) is 0 Å². The maximum absolute atomic E-state index is 6.23. The topological polar surface area (TPSA) is 46.4 Å². The molecule has 5 nitrogen and oxygen atoms in total. The second-order valence-corrected chi connectivity index (χ2v) is 8.92. The number of benzene rings is 1. The minimum atomic E-state index is -0.285. The molecule has 0 unspecified atom stereocenters. The van der Waals surface area contributed by atoms with E-state index < -0.39 is 0 Å². The Balaban J connectivity index is 2.04. The molecule has 0 saturated carbocycles. The first-order valence-electron chi connectivity index (χ1n) is 11.1. The van der Waals surface area contributed by atoms with Gasteiger partial charge in [0.15, 0.2) is 5.90 Å². The Morgan fingerprint density at radius 3 is 2.14 bits per heavy atom. The standard InChI is InChI=1S/C24H37N3O2/c1-8-24(9-2,23-26-21(15-29-23)17(5)6)22-25-20(16(3)4)14-27(22)18-10-12-19(28-7)13-11-18/h10-13,16-17,20-21H,8-9,14-15H2,1-7H3/t20-,21-/m1/s1. The van der Waals surface area contributed by atoms with Gasteiger partial charge < -0.3 is 14.4 Å². The van der Waals surface area contributed by atoms with Gasteiger partial charge in [-0.25, -0.2) is 4.99 Å². The number of nitrogens with zero attached hydrogens (tertiary/aromatic N) is 3. The van der Waals surface area contributed by atoms with E-state index in [1.807, 2.05) is 12.1 Å². The van der Waals surface area contributed by atoms with E-state index in [1.165, 1.54) is 0 Å². The molecule has 0 saturated heterocycles. The Hall–Kier alpha value is -2.04. The van der Waals surface area contributed by atoms with Crippen molar-refractivity contribution in [1.29, 1.82) is 0 Å². The number of aliphatic imine (C=N–C) groups is 2. The fourth-order valence-corrected chi connectivity index (χ4v) is 4.23. The van der Waals surface area contributed by atoms with E-state index in [0.717, 1.165) is 42.6 Å². The SMILES string of the molecule is CCC(CC)(C1=N[C@@H](C(C)C)CO1)C1=N[C@@H](C(C)C)CN1c1ccc(OC)cc1. The van der Waals surface area contributed by atoms with Crippen molar-refractivity contribution in [3.8, 4) is 5.75 Å². The Labute approximate surface area is 176 Å². The van der Waals surface area contributed by atoms with E-state index in [0.29, 0.717) is 18.4 Å². The number of hydrogen-bond donors (Lipinski definition) is 0. The molecule has 160 valence electrons. The van der Waals surface area contributed by atoms with Crippen LogP contribution in [0.5, 0.6) is 5.75 Å². The van der Waals surface area contributed by atoms with Gasteiger partial charge in [-0.1, -0.05) is 41.5 Å². The molecule has 0 N–H and O–H groups in total. The molecule has 3 rings (SSSR count). The minimum absolute atomic E-state index is 0.236. The Bertz CT molecular complexity index is 748. The van der Waals surface area contributed by atoms with Crippen LogP contribution in [0.2, 0.25) is 0 Å². The summed E-state index contributed by atoms with van der Waals surface area (Å²) < 4.78 is 11.6. The van der Waals surface area contributed by atoms with Crippen molar-refractivity contribution in [2.24, 2.45) is 27.2 Å². The first kappa shape index (κ1) is 21.7. The summed E-state index contributed by atoms with van der Waals surface area (Å²) in [5.74, 6) is 3.81. The molecule has 0 bridgehead atoms. The van der Waals surface area contributed by atoms with Crippen LogP contribution < -0.4 is 9.64 Å². The second-order valence-electron chi connectivity index (χ2n) is 8.92. The fraction of sp³-hybridized carbons (Fsp3) is 0.667. The predicted octanol–water partition coefficient (Wildman–Crippen LogP) is 5.20. The van der Waals surface area contributed by atoms with Crippen molar-refractivity contribution < 1.29 is 9.47 Å². The molecule has 0 fully saturated rings. The van der Waals surface area contributed by atoms with Gasteiger partial charge in [0, 0.05) is 12.2 Å². The van der Waals surface area contributed by atoms with Gasteiger partial charge >= 0.3 is 0 Å². The zero-order valence-corrected chi connectivity index (χ0v) is 19.1. The lowest BCUT2D eigenvalue weighted by molar-refractivity contribution is 0.263. The molecule has 0 amide bonds. The number of methoxy groups -OCH3 is 1. The molecule has 29 heavy (non-hydrogen) atoms. The number of hydrogen-bond acceptors (Lipinski definition) is 5. The van der Waals surface area contributed by atoms with Crippen LogP contribution in [-0.2, 0) is 4.74 Å². The predicted molar refractivity (Wildman–Crippen MR) is 121 cm³/mol. The summed E-state index contributed by atoms with van der Waals surface area (Å²) in [5.41, 5.74) is 0.866. The molecule has 2 aliphatic heterocycles. The van der Waals surface area contributed by atoms with Crippen molar-refractivity contribution in [2.45, 2.75) is 66.5 Å². The van der Waals surface area contributed by atoms with Gasteiger partial charge in [-0.3, -0.25) is 4.99 Å². The van der Waals surface area contributed by atoms with Crippen LogP contribution in [-0.4, -0.2) is 44.1 Å². The highest BCUT2D eigenvalue weighted by Gasteiger charge is 2.48. The second kappa shape index (κ2) is 8.76. The lowest BCUT2D eigenvalue weighted by Crippen LogP contribution is -2.47. The maximum atomic E-state index is 6.23. The fourth-order valence-electron chi connectivity index (χ4n) is 4.23. The third-order valence-corrected chi connectivity index (χ3v) is 6.56. The van der Waals surface area contributed by atoms with Gasteiger partial charge in [0.05, 0.1) is 19.2 Å². The van der Waals surface area contributed by atoms with Crippen molar-refractivity contribution in [1.82, 2.24) is 0 Å². The molecular weight excluding hydrogens is 362 g/mol. The smallest absolute Gasteiger partial charge is 0.197 e. The molecular formula is C24H37N3O2. The molecule has 0 aromatic heterocycles. The highest BCUT2D eigenvalue weighted by molar-refractivity contribution is 6.15. The van der Waals surface area contributed by atoms with Crippen LogP contribution >= 0.6 is 0 Å². The third kappa shape index (κ3) is 4.01. The number of anilines is 1. The summed E-state index contributed by atoms with van der Waals surface area (Å²) in [6, 6.07) is 8.80. The van der Waals surface area contributed by atoms with Gasteiger partial charge in [0.25, 0.3) is 0 Å². The summed E-state index contributed by atoms with van der Waals surface area (Å²) in [6.45, 7) is 15.0. The average Bonchev–Trinajstić information content (AvgIpc) is 3.38. The number of amidine groups is 1. The monoisotopic (exact) mass is 399 g/mol. The zero-order chi connectivity index (χ0) is 21.2. The summed E-state index contributed by atoms with van der Waals surface area (Å²) in [5, 5.41) is 0. The van der Waals surface area contributed by atoms with Gasteiger partial charge in [-0.2, -0.15) is 0 Å². The summed E-state index contributed by atoms with van der Waals surface area (Å²) in [7, 11) is 1.70. The van der Waals surface area contributed by atoms with E-state index in [1.54, 1.807) is 7.11 Å². The highest BCUT2D eigenvalue weighted by atomic mass is 16.5. The number of rotatable bonds is 8. The quantitative estimate of drug-likeness (QED) is 0.604. The molecule has 5 heteroatoms. The molecule has 2 atom stereocenters. The van der Waals surface area contributed by atoms with Gasteiger partial charge in [-0.15, -0.1) is 0 Å². The van der Waals surface area contributed by atoms with Crippen LogP contribution in [0.4, 0.5) is 5.69 Å². The lowest BCUT2D eigenvalue weighted by atomic mass is 9.79. The Kier molecular flexibility index (Phi) is 6.55. The minimum Gasteiger partial charge on any atom is -0.497 e. The van der Waals surface area contributed by atoms with Crippen molar-refractivity contribution in [2.75, 3.05) is 25.2 Å². The summed E-state index contributed by atoms with van der Waals surface area (Å²) in [4.78, 5) is 12.7. The first-order chi connectivity index (χ1) is 13.9. The van der Waals surface area contributed by atoms with E-state index >= 15 is 0 Å². The lowest BCUT2D eigenvalue weighted by Gasteiger charge is -2.36. The maximum Gasteiger partial charge on any atom is 0.197 e. The molecule has 2 aliphatic rings. The first-order valence-corrected chi connectivity index (χ1v) is 11.1. The van der Waals surface area contributed by atoms with Crippen LogP contribution in [0.3, 0.4) is 0 Å². The Morgan fingerprint density at radius 1 is 1.03 bits per heavy atom. The van der Waals surface area contributed by atoms with Crippen LogP contribution in [0.25, 0.3) is 0 Å². The van der Waals surface area contributed by atoms with Gasteiger partial charge in [-0.05, 0) is 48.9 Å². The average molecular weight is 400 g/mol. The molecule has 1 aromatic carbocycles. The molecule has 0 radical (unpaired) electrons. The zero-order valence-electron chi connectivity index (χ0n) is 19.1. The van der Waals surface area contributed by atoms with Gasteiger partial charge in [0.1, 0.15) is 23.6 Å². The summed E-state index contributed by atoms with van der Waals surface area (Å²) in [6.07, 6.45) is 1.84. The van der Waals surface area contributed by atoms with E-state index in [4.69, 9.17) is 19.5 Å². The molecule has 2 heterocycles. The largest absolute Gasteiger partial charge is 0.497 e.